The highest BCUT2D eigenvalue weighted by molar-refractivity contribution is 5.71. The van der Waals surface area contributed by atoms with Gasteiger partial charge in [0.25, 0.3) is 0 Å². The molecular formula is C49H90O6. The molecule has 1 unspecified atom stereocenters. The van der Waals surface area contributed by atoms with Crippen molar-refractivity contribution in [3.63, 3.8) is 0 Å². The van der Waals surface area contributed by atoms with Crippen LogP contribution < -0.4 is 0 Å². The van der Waals surface area contributed by atoms with E-state index in [9.17, 15) is 14.4 Å². The van der Waals surface area contributed by atoms with Crippen molar-refractivity contribution in [1.29, 1.82) is 0 Å². The van der Waals surface area contributed by atoms with Crippen molar-refractivity contribution in [2.75, 3.05) is 13.2 Å². The summed E-state index contributed by atoms with van der Waals surface area (Å²) in [4.78, 5) is 37.7. The Labute approximate surface area is 341 Å². The average Bonchev–Trinajstić information content (AvgIpc) is 3.18. The summed E-state index contributed by atoms with van der Waals surface area (Å²) in [5.41, 5.74) is 0. The van der Waals surface area contributed by atoms with Crippen molar-refractivity contribution >= 4 is 17.9 Å². The van der Waals surface area contributed by atoms with Crippen molar-refractivity contribution in [3.8, 4) is 0 Å². The Morgan fingerprint density at radius 2 is 0.691 bits per heavy atom. The van der Waals surface area contributed by atoms with Gasteiger partial charge in [-0.2, -0.15) is 0 Å². The second-order valence-corrected chi connectivity index (χ2v) is 16.0. The van der Waals surface area contributed by atoms with Crippen LogP contribution in [0.2, 0.25) is 0 Å². The zero-order valence-corrected chi connectivity index (χ0v) is 36.7. The predicted molar refractivity (Wildman–Crippen MR) is 233 cm³/mol. The summed E-state index contributed by atoms with van der Waals surface area (Å²) in [6.07, 6.45) is 48.8. The van der Waals surface area contributed by atoms with E-state index in [1.165, 1.54) is 154 Å². The fourth-order valence-electron chi connectivity index (χ4n) is 6.85. The van der Waals surface area contributed by atoms with Crippen LogP contribution >= 0.6 is 0 Å². The first-order valence-corrected chi connectivity index (χ1v) is 23.8. The van der Waals surface area contributed by atoms with Gasteiger partial charge >= 0.3 is 17.9 Å². The van der Waals surface area contributed by atoms with Crippen LogP contribution in [-0.2, 0) is 28.6 Å². The maximum absolute atomic E-state index is 12.7. The van der Waals surface area contributed by atoms with Gasteiger partial charge < -0.3 is 14.2 Å². The largest absolute Gasteiger partial charge is 0.462 e. The second kappa shape index (κ2) is 44.6. The van der Waals surface area contributed by atoms with E-state index in [2.05, 4.69) is 39.0 Å². The monoisotopic (exact) mass is 775 g/mol. The van der Waals surface area contributed by atoms with Gasteiger partial charge in [0.05, 0.1) is 0 Å². The number of carbonyl (C=O) groups is 3. The lowest BCUT2D eigenvalue weighted by Gasteiger charge is -2.18. The standard InChI is InChI=1S/C49H90O6/c1-4-7-10-13-16-19-22-24-27-30-33-36-39-42-48(51)54-45-46(44-53-47(50)41-38-35-32-29-26-21-18-15-12-9-6-3)55-49(52)43-40-37-34-31-28-25-23-20-17-14-11-8-5-2/h24,27,33,36,46H,4-23,25-26,28-32,34-35,37-45H2,1-3H3/b27-24-,36-33-. The average molecular weight is 775 g/mol. The fraction of sp³-hybridized carbons (Fsp3) is 0.857. The van der Waals surface area contributed by atoms with Crippen LogP contribution in [0.25, 0.3) is 0 Å². The second-order valence-electron chi connectivity index (χ2n) is 16.0. The summed E-state index contributed by atoms with van der Waals surface area (Å²) in [5.74, 6) is -0.947. The zero-order chi connectivity index (χ0) is 40.1. The van der Waals surface area contributed by atoms with E-state index in [1.807, 2.05) is 6.08 Å². The summed E-state index contributed by atoms with van der Waals surface area (Å²) in [5, 5.41) is 0. The first kappa shape index (κ1) is 52.9. The minimum atomic E-state index is -0.785. The highest BCUT2D eigenvalue weighted by atomic mass is 16.6. The minimum Gasteiger partial charge on any atom is -0.462 e. The van der Waals surface area contributed by atoms with E-state index < -0.39 is 6.10 Å². The van der Waals surface area contributed by atoms with Gasteiger partial charge in [-0.05, 0) is 38.5 Å². The molecule has 0 aromatic heterocycles. The van der Waals surface area contributed by atoms with Gasteiger partial charge in [-0.1, -0.05) is 218 Å². The molecule has 0 radical (unpaired) electrons. The van der Waals surface area contributed by atoms with Crippen LogP contribution in [0.1, 0.15) is 252 Å². The highest BCUT2D eigenvalue weighted by Gasteiger charge is 2.19. The Morgan fingerprint density at radius 1 is 0.364 bits per heavy atom. The van der Waals surface area contributed by atoms with Crippen LogP contribution in [0.15, 0.2) is 24.3 Å². The normalized spacial score (nSPS) is 12.1. The molecule has 6 heteroatoms. The lowest BCUT2D eigenvalue weighted by Crippen LogP contribution is -2.30. The lowest BCUT2D eigenvalue weighted by molar-refractivity contribution is -0.166. The first-order chi connectivity index (χ1) is 27.0. The summed E-state index contributed by atoms with van der Waals surface area (Å²) in [7, 11) is 0. The van der Waals surface area contributed by atoms with Gasteiger partial charge in [0, 0.05) is 19.3 Å². The maximum Gasteiger partial charge on any atom is 0.306 e. The van der Waals surface area contributed by atoms with E-state index >= 15 is 0 Å². The van der Waals surface area contributed by atoms with Crippen LogP contribution in [-0.4, -0.2) is 37.2 Å². The molecule has 0 fully saturated rings. The van der Waals surface area contributed by atoms with Crippen molar-refractivity contribution in [2.24, 2.45) is 0 Å². The topological polar surface area (TPSA) is 78.9 Å². The molecule has 0 aliphatic heterocycles. The van der Waals surface area contributed by atoms with Gasteiger partial charge in [-0.25, -0.2) is 0 Å². The number of esters is 3. The van der Waals surface area contributed by atoms with Gasteiger partial charge in [-0.3, -0.25) is 14.4 Å². The maximum atomic E-state index is 12.7. The number of carbonyl (C=O) groups excluding carboxylic acids is 3. The Bertz CT molecular complexity index is 896. The summed E-state index contributed by atoms with van der Waals surface area (Å²) < 4.78 is 16.7. The lowest BCUT2D eigenvalue weighted by atomic mass is 10.0. The number of hydrogen-bond donors (Lipinski definition) is 0. The molecule has 0 aliphatic rings. The number of allylic oxidation sites excluding steroid dienone is 4. The molecule has 1 atom stereocenters. The molecule has 0 saturated heterocycles. The van der Waals surface area contributed by atoms with Gasteiger partial charge in [0.1, 0.15) is 13.2 Å². The molecule has 0 aromatic carbocycles. The highest BCUT2D eigenvalue weighted by Crippen LogP contribution is 2.15. The SMILES string of the molecule is CCCCCCCC/C=C\C/C=C\CCC(=O)OCC(COC(=O)CCCCCCCCCCCCC)OC(=O)CCCCCCCCCCCCCCC. The minimum absolute atomic E-state index is 0.0839. The number of rotatable bonds is 43. The molecule has 0 bridgehead atoms. The Kier molecular flexibility index (Phi) is 42.9. The molecule has 0 heterocycles. The van der Waals surface area contributed by atoms with Crippen LogP contribution in [0.4, 0.5) is 0 Å². The van der Waals surface area contributed by atoms with Crippen LogP contribution in [0.3, 0.4) is 0 Å². The van der Waals surface area contributed by atoms with E-state index in [-0.39, 0.29) is 37.5 Å². The molecule has 0 amide bonds. The quantitative estimate of drug-likeness (QED) is 0.0266. The molecule has 0 aromatic rings. The first-order valence-electron chi connectivity index (χ1n) is 23.8. The summed E-state index contributed by atoms with van der Waals surface area (Å²) in [6, 6.07) is 0. The van der Waals surface area contributed by atoms with E-state index in [1.54, 1.807) is 0 Å². The Hall–Kier alpha value is -2.11. The molecule has 55 heavy (non-hydrogen) atoms. The van der Waals surface area contributed by atoms with E-state index in [0.29, 0.717) is 19.3 Å². The van der Waals surface area contributed by atoms with E-state index in [4.69, 9.17) is 14.2 Å². The van der Waals surface area contributed by atoms with Crippen molar-refractivity contribution in [1.82, 2.24) is 0 Å². The molecule has 0 spiro atoms. The molecule has 322 valence electrons. The third-order valence-corrected chi connectivity index (χ3v) is 10.5. The predicted octanol–water partition coefficient (Wildman–Crippen LogP) is 15.2. The molecule has 0 saturated carbocycles. The third kappa shape index (κ3) is 42.9. The third-order valence-electron chi connectivity index (χ3n) is 10.5. The van der Waals surface area contributed by atoms with Crippen LogP contribution in [0, 0.1) is 0 Å². The number of unbranched alkanes of at least 4 members (excludes halogenated alkanes) is 28. The molecular weight excluding hydrogens is 685 g/mol. The molecule has 6 nitrogen and oxygen atoms in total. The van der Waals surface area contributed by atoms with Crippen molar-refractivity contribution in [2.45, 2.75) is 258 Å². The van der Waals surface area contributed by atoms with Gasteiger partial charge in [0.2, 0.25) is 0 Å². The molecule has 0 N–H and O–H groups in total. The van der Waals surface area contributed by atoms with Gasteiger partial charge in [-0.15, -0.1) is 0 Å². The Balaban J connectivity index is 4.41. The summed E-state index contributed by atoms with van der Waals surface area (Å²) in [6.45, 7) is 6.58. The molecule has 0 rings (SSSR count). The summed E-state index contributed by atoms with van der Waals surface area (Å²) >= 11 is 0. The molecule has 0 aliphatic carbocycles. The smallest absolute Gasteiger partial charge is 0.306 e. The zero-order valence-electron chi connectivity index (χ0n) is 36.7. The Morgan fingerprint density at radius 3 is 1.11 bits per heavy atom. The van der Waals surface area contributed by atoms with Crippen LogP contribution in [0.5, 0.6) is 0 Å². The van der Waals surface area contributed by atoms with E-state index in [0.717, 1.165) is 51.4 Å². The number of hydrogen-bond acceptors (Lipinski definition) is 6. The van der Waals surface area contributed by atoms with Crippen molar-refractivity contribution in [3.05, 3.63) is 24.3 Å². The van der Waals surface area contributed by atoms with Gasteiger partial charge in [0.15, 0.2) is 6.10 Å². The van der Waals surface area contributed by atoms with Crippen molar-refractivity contribution < 1.29 is 28.6 Å². The fourth-order valence-corrected chi connectivity index (χ4v) is 6.85. The number of ether oxygens (including phenoxy) is 3.